The summed E-state index contributed by atoms with van der Waals surface area (Å²) in [6.07, 6.45) is 2.34. The molecule has 1 saturated carbocycles. The number of thioether (sulfide) groups is 1. The number of aliphatic carboxylic acids is 1. The van der Waals surface area contributed by atoms with Crippen LogP contribution in [-0.4, -0.2) is 27.9 Å². The van der Waals surface area contributed by atoms with Gasteiger partial charge in [-0.15, -0.1) is 11.8 Å². The molecule has 0 saturated heterocycles. The maximum absolute atomic E-state index is 10.6. The van der Waals surface area contributed by atoms with Gasteiger partial charge in [0.05, 0.1) is 5.04 Å². The Morgan fingerprint density at radius 3 is 2.83 bits per heavy atom. The summed E-state index contributed by atoms with van der Waals surface area (Å²) < 4.78 is 0. The van der Waals surface area contributed by atoms with Gasteiger partial charge in [-0.1, -0.05) is 6.92 Å². The van der Waals surface area contributed by atoms with Crippen molar-refractivity contribution in [3.8, 4) is 0 Å². The second-order valence-corrected chi connectivity index (χ2v) is 4.67. The number of hydrogen-bond donors (Lipinski definition) is 1. The maximum atomic E-state index is 10.6. The lowest BCUT2D eigenvalue weighted by Gasteiger charge is -2.04. The first-order chi connectivity index (χ1) is 5.62. The van der Waals surface area contributed by atoms with E-state index in [2.05, 4.69) is 11.9 Å². The minimum absolute atomic E-state index is 0.245. The predicted octanol–water partition coefficient (Wildman–Crippen LogP) is 1.39. The van der Waals surface area contributed by atoms with Crippen molar-refractivity contribution < 1.29 is 9.90 Å². The molecule has 12 heavy (non-hydrogen) atoms. The molecule has 0 aromatic carbocycles. The van der Waals surface area contributed by atoms with E-state index < -0.39 is 12.0 Å². The van der Waals surface area contributed by atoms with Gasteiger partial charge in [0.2, 0.25) is 0 Å². The van der Waals surface area contributed by atoms with Crippen LogP contribution in [0.1, 0.15) is 19.8 Å². The Balaban J connectivity index is 2.10. The zero-order valence-electron chi connectivity index (χ0n) is 6.91. The highest BCUT2D eigenvalue weighted by molar-refractivity contribution is 8.14. The quantitative estimate of drug-likeness (QED) is 0.707. The Bertz CT molecular complexity index is 258. The van der Waals surface area contributed by atoms with E-state index in [4.69, 9.17) is 5.11 Å². The van der Waals surface area contributed by atoms with Gasteiger partial charge in [-0.3, -0.25) is 4.99 Å². The van der Waals surface area contributed by atoms with E-state index in [1.807, 2.05) is 0 Å². The van der Waals surface area contributed by atoms with E-state index in [9.17, 15) is 4.79 Å². The molecule has 4 heteroatoms. The minimum Gasteiger partial charge on any atom is -0.480 e. The van der Waals surface area contributed by atoms with Gasteiger partial charge in [0.15, 0.2) is 6.04 Å². The average Bonchev–Trinajstić information content (AvgIpc) is 2.61. The average molecular weight is 185 g/mol. The molecule has 1 fully saturated rings. The van der Waals surface area contributed by atoms with Crippen LogP contribution < -0.4 is 0 Å². The lowest BCUT2D eigenvalue weighted by atomic mass is 10.2. The number of hydrogen-bond acceptors (Lipinski definition) is 3. The number of carboxylic acids is 1. The normalized spacial score (nSPS) is 31.4. The fourth-order valence-electron chi connectivity index (χ4n) is 1.23. The van der Waals surface area contributed by atoms with Crippen LogP contribution in [0.5, 0.6) is 0 Å². The van der Waals surface area contributed by atoms with Gasteiger partial charge in [0.25, 0.3) is 0 Å². The standard InChI is InChI=1S/C8H11NO2S/c1-8(2-3-8)7-9-5(4-12-7)6(10)11/h5H,2-4H2,1H3,(H,10,11). The molecule has 0 spiro atoms. The molecule has 0 bridgehead atoms. The number of carboxylic acid groups (broad SMARTS) is 1. The Morgan fingerprint density at radius 2 is 2.42 bits per heavy atom. The van der Waals surface area contributed by atoms with Crippen molar-refractivity contribution in [2.24, 2.45) is 10.4 Å². The third-order valence-corrected chi connectivity index (χ3v) is 3.81. The molecular weight excluding hydrogens is 174 g/mol. The first-order valence-corrected chi connectivity index (χ1v) is 5.04. The molecule has 1 N–H and O–H groups in total. The Labute approximate surface area is 75.3 Å². The van der Waals surface area contributed by atoms with Crippen molar-refractivity contribution >= 4 is 22.8 Å². The van der Waals surface area contributed by atoms with Gasteiger partial charge in [-0.05, 0) is 12.8 Å². The van der Waals surface area contributed by atoms with Crippen LogP contribution in [-0.2, 0) is 4.79 Å². The fourth-order valence-corrected chi connectivity index (χ4v) is 2.52. The van der Waals surface area contributed by atoms with Crippen LogP contribution in [0, 0.1) is 5.41 Å². The first-order valence-electron chi connectivity index (χ1n) is 4.06. The zero-order chi connectivity index (χ0) is 8.77. The first kappa shape index (κ1) is 8.10. The van der Waals surface area contributed by atoms with Crippen molar-refractivity contribution in [3.63, 3.8) is 0 Å². The van der Waals surface area contributed by atoms with E-state index in [0.29, 0.717) is 5.75 Å². The summed E-state index contributed by atoms with van der Waals surface area (Å²) in [5.41, 5.74) is 0.245. The monoisotopic (exact) mass is 185 g/mol. The Hall–Kier alpha value is -0.510. The van der Waals surface area contributed by atoms with E-state index in [1.165, 1.54) is 12.8 Å². The lowest BCUT2D eigenvalue weighted by molar-refractivity contribution is -0.137. The summed E-state index contributed by atoms with van der Waals surface area (Å²) in [6.45, 7) is 2.16. The molecule has 0 aromatic rings. The molecule has 1 atom stereocenters. The largest absolute Gasteiger partial charge is 0.480 e. The van der Waals surface area contributed by atoms with Crippen LogP contribution in [0.25, 0.3) is 0 Å². The predicted molar refractivity (Wildman–Crippen MR) is 48.7 cm³/mol. The van der Waals surface area contributed by atoms with E-state index in [0.717, 1.165) is 5.04 Å². The fraction of sp³-hybridized carbons (Fsp3) is 0.750. The summed E-state index contributed by atoms with van der Waals surface area (Å²) in [5, 5.41) is 9.76. The van der Waals surface area contributed by atoms with Gasteiger partial charge in [0.1, 0.15) is 0 Å². The highest BCUT2D eigenvalue weighted by Crippen LogP contribution is 2.50. The Kier molecular flexibility index (Phi) is 1.68. The third kappa shape index (κ3) is 1.24. The summed E-state index contributed by atoms with van der Waals surface area (Å²) in [5.74, 6) is -0.165. The third-order valence-electron chi connectivity index (χ3n) is 2.45. The van der Waals surface area contributed by atoms with Crippen LogP contribution >= 0.6 is 11.8 Å². The molecule has 66 valence electrons. The second kappa shape index (κ2) is 2.49. The summed E-state index contributed by atoms with van der Waals surface area (Å²) >= 11 is 1.62. The second-order valence-electron chi connectivity index (χ2n) is 3.66. The lowest BCUT2D eigenvalue weighted by Crippen LogP contribution is -2.17. The van der Waals surface area contributed by atoms with Crippen LogP contribution in [0.4, 0.5) is 0 Å². The number of carbonyl (C=O) groups is 1. The van der Waals surface area contributed by atoms with Crippen LogP contribution in [0.15, 0.2) is 4.99 Å². The van der Waals surface area contributed by atoms with Gasteiger partial charge in [0, 0.05) is 11.2 Å². The SMILES string of the molecule is CC1(C2=NC(C(=O)O)CS2)CC1. The Morgan fingerprint density at radius 1 is 1.75 bits per heavy atom. The molecule has 0 amide bonds. The minimum atomic E-state index is -0.790. The van der Waals surface area contributed by atoms with Crippen molar-refractivity contribution in [1.29, 1.82) is 0 Å². The van der Waals surface area contributed by atoms with Crippen LogP contribution in [0.3, 0.4) is 0 Å². The smallest absolute Gasteiger partial charge is 0.329 e. The maximum Gasteiger partial charge on any atom is 0.329 e. The molecule has 1 heterocycles. The van der Waals surface area contributed by atoms with E-state index in [-0.39, 0.29) is 5.41 Å². The molecule has 0 aromatic heterocycles. The molecule has 1 aliphatic heterocycles. The highest BCUT2D eigenvalue weighted by atomic mass is 32.2. The topological polar surface area (TPSA) is 49.7 Å². The van der Waals surface area contributed by atoms with Gasteiger partial charge in [-0.25, -0.2) is 4.79 Å². The van der Waals surface area contributed by atoms with E-state index >= 15 is 0 Å². The van der Waals surface area contributed by atoms with Gasteiger partial charge < -0.3 is 5.11 Å². The molecule has 1 unspecified atom stereocenters. The van der Waals surface area contributed by atoms with Crippen LogP contribution in [0.2, 0.25) is 0 Å². The molecule has 0 radical (unpaired) electrons. The van der Waals surface area contributed by atoms with Crippen molar-refractivity contribution in [3.05, 3.63) is 0 Å². The van der Waals surface area contributed by atoms with Crippen molar-refractivity contribution in [2.75, 3.05) is 5.75 Å². The van der Waals surface area contributed by atoms with E-state index in [1.54, 1.807) is 11.8 Å². The molecule has 2 aliphatic rings. The zero-order valence-corrected chi connectivity index (χ0v) is 7.73. The summed E-state index contributed by atoms with van der Waals surface area (Å²) in [6, 6.07) is -0.484. The number of aliphatic imine (C=N–C) groups is 1. The van der Waals surface area contributed by atoms with Gasteiger partial charge >= 0.3 is 5.97 Å². The number of nitrogens with zero attached hydrogens (tertiary/aromatic N) is 1. The van der Waals surface area contributed by atoms with Crippen molar-refractivity contribution in [2.45, 2.75) is 25.8 Å². The summed E-state index contributed by atoms with van der Waals surface area (Å²) in [4.78, 5) is 14.8. The molecule has 1 aliphatic carbocycles. The van der Waals surface area contributed by atoms with Gasteiger partial charge in [-0.2, -0.15) is 0 Å². The summed E-state index contributed by atoms with van der Waals surface area (Å²) in [7, 11) is 0. The molecular formula is C8H11NO2S. The molecule has 3 nitrogen and oxygen atoms in total. The number of rotatable bonds is 2. The molecule has 2 rings (SSSR count). The van der Waals surface area contributed by atoms with Crippen molar-refractivity contribution in [1.82, 2.24) is 0 Å². The highest BCUT2D eigenvalue weighted by Gasteiger charge is 2.45.